The van der Waals surface area contributed by atoms with E-state index in [0.717, 1.165) is 6.42 Å². The molecule has 2 fully saturated rings. The van der Waals surface area contributed by atoms with Crippen molar-refractivity contribution in [2.24, 2.45) is 22.5 Å². The number of carbonyl (C=O) groups is 2. The fraction of sp³-hybridized carbons (Fsp3) is 0.867. The maximum atomic E-state index is 12.3. The molecule has 2 rings (SSSR count). The third kappa shape index (κ3) is 2.93. The second-order valence-corrected chi connectivity index (χ2v) is 7.39. The summed E-state index contributed by atoms with van der Waals surface area (Å²) in [6, 6.07) is -0.582. The predicted octanol–water partition coefficient (Wildman–Crippen LogP) is 1.97. The maximum Gasteiger partial charge on any atom is 0.240 e. The second-order valence-electron chi connectivity index (χ2n) is 7.39. The molecule has 2 aliphatic carbocycles. The lowest BCUT2D eigenvalue weighted by Gasteiger charge is -2.29. The molecule has 0 saturated heterocycles. The molecule has 0 aromatic carbocycles. The topological polar surface area (TPSA) is 72.2 Å². The fourth-order valence-electron chi connectivity index (χ4n) is 3.48. The molecule has 0 aromatic heterocycles. The van der Waals surface area contributed by atoms with Gasteiger partial charge in [0.2, 0.25) is 11.8 Å². The quantitative estimate of drug-likeness (QED) is 0.819. The first-order chi connectivity index (χ1) is 8.76. The predicted molar refractivity (Wildman–Crippen MR) is 74.2 cm³/mol. The largest absolute Gasteiger partial charge is 0.368 e. The van der Waals surface area contributed by atoms with Gasteiger partial charge in [-0.2, -0.15) is 0 Å². The van der Waals surface area contributed by atoms with E-state index >= 15 is 0 Å². The van der Waals surface area contributed by atoms with Gasteiger partial charge in [0, 0.05) is 5.92 Å². The highest BCUT2D eigenvalue weighted by atomic mass is 16.2. The molecule has 4 nitrogen and oxygen atoms in total. The summed E-state index contributed by atoms with van der Waals surface area (Å²) in [5, 5.41) is 2.88. The van der Waals surface area contributed by atoms with Crippen LogP contribution in [0, 0.1) is 16.7 Å². The zero-order valence-electron chi connectivity index (χ0n) is 12.3. The lowest BCUT2D eigenvalue weighted by atomic mass is 9.83. The van der Waals surface area contributed by atoms with Crippen molar-refractivity contribution in [1.29, 1.82) is 0 Å². The molecule has 19 heavy (non-hydrogen) atoms. The first-order valence-electron chi connectivity index (χ1n) is 7.36. The minimum absolute atomic E-state index is 0.0284. The fourth-order valence-corrected chi connectivity index (χ4v) is 3.48. The molecule has 4 heteroatoms. The van der Waals surface area contributed by atoms with Crippen LogP contribution in [0.15, 0.2) is 0 Å². The number of nitrogens with two attached hydrogens (primary N) is 1. The number of nitrogens with one attached hydrogen (secondary N) is 1. The van der Waals surface area contributed by atoms with Crippen molar-refractivity contribution in [2.45, 2.75) is 65.3 Å². The summed E-state index contributed by atoms with van der Waals surface area (Å²) in [5.41, 5.74) is 5.32. The van der Waals surface area contributed by atoms with Crippen LogP contribution >= 0.6 is 0 Å². The van der Waals surface area contributed by atoms with E-state index in [2.05, 4.69) is 5.32 Å². The molecule has 0 heterocycles. The Bertz CT molecular complexity index is 378. The van der Waals surface area contributed by atoms with Gasteiger partial charge in [0.05, 0.1) is 0 Å². The molecule has 0 radical (unpaired) electrons. The number of primary amides is 1. The Balaban J connectivity index is 1.96. The molecule has 3 N–H and O–H groups in total. The summed E-state index contributed by atoms with van der Waals surface area (Å²) < 4.78 is 0. The van der Waals surface area contributed by atoms with E-state index in [0.29, 0.717) is 0 Å². The van der Waals surface area contributed by atoms with Crippen LogP contribution in [0.4, 0.5) is 0 Å². The van der Waals surface area contributed by atoms with Crippen LogP contribution in [-0.2, 0) is 9.59 Å². The number of amides is 2. The van der Waals surface area contributed by atoms with Gasteiger partial charge in [-0.05, 0) is 30.1 Å². The molecule has 2 amide bonds. The Kier molecular flexibility index (Phi) is 3.63. The van der Waals surface area contributed by atoms with Gasteiger partial charge in [0.25, 0.3) is 0 Å². The number of rotatable bonds is 3. The summed E-state index contributed by atoms with van der Waals surface area (Å²) in [5.74, 6) is -0.309. The van der Waals surface area contributed by atoms with Gasteiger partial charge in [0.15, 0.2) is 0 Å². The Labute approximate surface area is 115 Å². The van der Waals surface area contributed by atoms with Crippen molar-refractivity contribution in [3.05, 3.63) is 0 Å². The van der Waals surface area contributed by atoms with Gasteiger partial charge in [0.1, 0.15) is 6.04 Å². The second kappa shape index (κ2) is 4.80. The van der Waals surface area contributed by atoms with Crippen molar-refractivity contribution in [2.75, 3.05) is 0 Å². The zero-order chi connectivity index (χ0) is 14.3. The van der Waals surface area contributed by atoms with Gasteiger partial charge in [-0.15, -0.1) is 0 Å². The van der Waals surface area contributed by atoms with Crippen LogP contribution in [-0.4, -0.2) is 17.9 Å². The van der Waals surface area contributed by atoms with Crippen LogP contribution in [0.3, 0.4) is 0 Å². The van der Waals surface area contributed by atoms with Crippen LogP contribution in [0.1, 0.15) is 59.3 Å². The zero-order valence-corrected chi connectivity index (χ0v) is 12.3. The third-order valence-electron chi connectivity index (χ3n) is 4.79. The lowest BCUT2D eigenvalue weighted by molar-refractivity contribution is -0.131. The molecule has 108 valence electrons. The van der Waals surface area contributed by atoms with E-state index in [1.807, 2.05) is 20.8 Å². The van der Waals surface area contributed by atoms with E-state index in [1.54, 1.807) is 0 Å². The summed E-state index contributed by atoms with van der Waals surface area (Å²) >= 11 is 0. The average molecular weight is 266 g/mol. The summed E-state index contributed by atoms with van der Waals surface area (Å²) in [4.78, 5) is 23.8. The van der Waals surface area contributed by atoms with E-state index < -0.39 is 11.9 Å². The van der Waals surface area contributed by atoms with Crippen LogP contribution < -0.4 is 11.1 Å². The van der Waals surface area contributed by atoms with Gasteiger partial charge in [-0.3, -0.25) is 9.59 Å². The van der Waals surface area contributed by atoms with E-state index in [4.69, 9.17) is 5.73 Å². The molecule has 2 atom stereocenters. The Hall–Kier alpha value is -1.06. The first-order valence-corrected chi connectivity index (χ1v) is 7.36. The maximum absolute atomic E-state index is 12.3. The van der Waals surface area contributed by atoms with Crippen LogP contribution in [0.2, 0.25) is 0 Å². The molecule has 0 aromatic rings. The van der Waals surface area contributed by atoms with Gasteiger partial charge >= 0.3 is 0 Å². The number of hydrogen-bond acceptors (Lipinski definition) is 2. The molecular formula is C15H26N2O2. The third-order valence-corrected chi connectivity index (χ3v) is 4.79. The van der Waals surface area contributed by atoms with E-state index in [9.17, 15) is 9.59 Å². The molecule has 0 aliphatic heterocycles. The number of hydrogen-bond donors (Lipinski definition) is 2. The van der Waals surface area contributed by atoms with Crippen molar-refractivity contribution >= 4 is 11.8 Å². The average Bonchev–Trinajstić information content (AvgIpc) is 2.98. The first kappa shape index (κ1) is 14.4. The minimum Gasteiger partial charge on any atom is -0.368 e. The van der Waals surface area contributed by atoms with Crippen molar-refractivity contribution < 1.29 is 9.59 Å². The van der Waals surface area contributed by atoms with Crippen LogP contribution in [0.25, 0.3) is 0 Å². The molecular weight excluding hydrogens is 240 g/mol. The van der Waals surface area contributed by atoms with Crippen LogP contribution in [0.5, 0.6) is 0 Å². The SMILES string of the molecule is CC(C)(C)C(NC(=O)C1CC12CCCCC2)C(N)=O. The van der Waals surface area contributed by atoms with Gasteiger partial charge < -0.3 is 11.1 Å². The standard InChI is InChI=1S/C15H26N2O2/c1-14(2,3)11(12(16)18)17-13(19)10-9-15(10)7-5-4-6-8-15/h10-11H,4-9H2,1-3H3,(H2,16,18)(H,17,19). The van der Waals surface area contributed by atoms with Gasteiger partial charge in [-0.1, -0.05) is 40.0 Å². The summed E-state index contributed by atoms with van der Waals surface area (Å²) in [7, 11) is 0. The molecule has 2 unspecified atom stereocenters. The van der Waals surface area contributed by atoms with E-state index in [1.165, 1.54) is 32.1 Å². The molecule has 2 aliphatic rings. The molecule has 1 spiro atoms. The highest BCUT2D eigenvalue weighted by Gasteiger charge is 2.57. The van der Waals surface area contributed by atoms with Gasteiger partial charge in [-0.25, -0.2) is 0 Å². The summed E-state index contributed by atoms with van der Waals surface area (Å²) in [6.45, 7) is 5.77. The summed E-state index contributed by atoms with van der Waals surface area (Å²) in [6.07, 6.45) is 7.10. The Morgan fingerprint density at radius 1 is 1.21 bits per heavy atom. The monoisotopic (exact) mass is 266 g/mol. The van der Waals surface area contributed by atoms with Crippen molar-refractivity contribution in [3.8, 4) is 0 Å². The van der Waals surface area contributed by atoms with Crippen molar-refractivity contribution in [1.82, 2.24) is 5.32 Å². The molecule has 0 bridgehead atoms. The van der Waals surface area contributed by atoms with Crippen molar-refractivity contribution in [3.63, 3.8) is 0 Å². The Morgan fingerprint density at radius 3 is 2.26 bits per heavy atom. The molecule has 2 saturated carbocycles. The normalized spacial score (nSPS) is 26.8. The lowest BCUT2D eigenvalue weighted by Crippen LogP contribution is -2.52. The highest BCUT2D eigenvalue weighted by Crippen LogP contribution is 2.61. The highest BCUT2D eigenvalue weighted by molar-refractivity contribution is 5.89. The minimum atomic E-state index is -0.582. The Morgan fingerprint density at radius 2 is 1.79 bits per heavy atom. The number of carbonyl (C=O) groups excluding carboxylic acids is 2. The smallest absolute Gasteiger partial charge is 0.240 e. The van der Waals surface area contributed by atoms with E-state index in [-0.39, 0.29) is 22.7 Å².